The van der Waals surface area contributed by atoms with Crippen LogP contribution in [-0.2, 0) is 9.59 Å². The predicted octanol–water partition coefficient (Wildman–Crippen LogP) is 4.50. The Bertz CT molecular complexity index is 309. The molecular weight excluding hydrogens is 300 g/mol. The monoisotopic (exact) mass is 338 g/mol. The van der Waals surface area contributed by atoms with E-state index in [0.29, 0.717) is 13.1 Å². The molecule has 0 aliphatic heterocycles. The van der Waals surface area contributed by atoms with E-state index >= 15 is 0 Å². The van der Waals surface area contributed by atoms with Gasteiger partial charge in [-0.1, -0.05) is 78.1 Å². The Balaban J connectivity index is 3.48. The molecule has 0 aliphatic carbocycles. The van der Waals surface area contributed by atoms with Crippen molar-refractivity contribution in [3.05, 3.63) is 12.2 Å². The highest BCUT2D eigenvalue weighted by molar-refractivity contribution is 5.96. The molecule has 0 bridgehead atoms. The van der Waals surface area contributed by atoms with E-state index < -0.39 is 0 Å². The molecule has 0 spiro atoms. The number of carbonyl (C=O) groups excluding carboxylic acids is 2. The number of nitrogens with one attached hydrogen (secondary N) is 2. The molecule has 0 aromatic carbocycles. The third-order valence-corrected chi connectivity index (χ3v) is 4.05. The summed E-state index contributed by atoms with van der Waals surface area (Å²) >= 11 is 0. The van der Waals surface area contributed by atoms with E-state index in [9.17, 15) is 9.59 Å². The van der Waals surface area contributed by atoms with Crippen molar-refractivity contribution < 1.29 is 9.59 Å². The van der Waals surface area contributed by atoms with Crippen LogP contribution in [0.25, 0.3) is 0 Å². The first-order valence-corrected chi connectivity index (χ1v) is 9.94. The highest BCUT2D eigenvalue weighted by Crippen LogP contribution is 2.04. The molecule has 0 atom stereocenters. The van der Waals surface area contributed by atoms with E-state index in [2.05, 4.69) is 24.5 Å². The van der Waals surface area contributed by atoms with Crippen molar-refractivity contribution in [2.24, 2.45) is 0 Å². The van der Waals surface area contributed by atoms with Gasteiger partial charge in [0.1, 0.15) is 0 Å². The maximum absolute atomic E-state index is 11.6. The molecule has 0 aromatic heterocycles. The minimum Gasteiger partial charge on any atom is -0.353 e. The van der Waals surface area contributed by atoms with Crippen molar-refractivity contribution >= 4 is 11.8 Å². The van der Waals surface area contributed by atoms with Crippen molar-refractivity contribution in [2.45, 2.75) is 90.9 Å². The van der Waals surface area contributed by atoms with E-state index in [1.807, 2.05) is 0 Å². The van der Waals surface area contributed by atoms with Gasteiger partial charge in [0.2, 0.25) is 11.8 Å². The lowest BCUT2D eigenvalue weighted by Gasteiger charge is -2.03. The first kappa shape index (κ1) is 22.7. The lowest BCUT2D eigenvalue weighted by atomic mass is 10.1. The van der Waals surface area contributed by atoms with E-state index in [1.165, 1.54) is 63.5 Å². The van der Waals surface area contributed by atoms with Crippen molar-refractivity contribution in [3.63, 3.8) is 0 Å². The molecule has 0 fully saturated rings. The Hall–Kier alpha value is -1.32. The molecule has 0 rings (SSSR count). The minimum absolute atomic E-state index is 0.182. The van der Waals surface area contributed by atoms with Crippen molar-refractivity contribution in [1.29, 1.82) is 0 Å². The normalized spacial score (nSPS) is 10.9. The van der Waals surface area contributed by atoms with Crippen LogP contribution in [0.5, 0.6) is 0 Å². The Labute approximate surface area is 148 Å². The molecule has 2 N–H and O–H groups in total. The third-order valence-electron chi connectivity index (χ3n) is 4.05. The van der Waals surface area contributed by atoms with Crippen LogP contribution < -0.4 is 10.6 Å². The van der Waals surface area contributed by atoms with Crippen LogP contribution in [0, 0.1) is 0 Å². The summed E-state index contributed by atoms with van der Waals surface area (Å²) in [6, 6.07) is 0. The van der Waals surface area contributed by atoms with Gasteiger partial charge in [-0.2, -0.15) is 0 Å². The Morgan fingerprint density at radius 2 is 0.917 bits per heavy atom. The second-order valence-corrected chi connectivity index (χ2v) is 6.45. The lowest BCUT2D eigenvalue weighted by Crippen LogP contribution is -2.25. The summed E-state index contributed by atoms with van der Waals surface area (Å²) < 4.78 is 0. The van der Waals surface area contributed by atoms with Gasteiger partial charge in [-0.15, -0.1) is 0 Å². The Morgan fingerprint density at radius 3 is 1.29 bits per heavy atom. The zero-order chi connectivity index (χ0) is 17.9. The second-order valence-electron chi connectivity index (χ2n) is 6.45. The molecule has 0 aliphatic rings. The Kier molecular flexibility index (Phi) is 17.0. The van der Waals surface area contributed by atoms with Crippen LogP contribution in [0.3, 0.4) is 0 Å². The molecule has 140 valence electrons. The van der Waals surface area contributed by atoms with E-state index in [4.69, 9.17) is 0 Å². The quantitative estimate of drug-likeness (QED) is 0.322. The fourth-order valence-electron chi connectivity index (χ4n) is 2.50. The second kappa shape index (κ2) is 18.0. The smallest absolute Gasteiger partial charge is 0.244 e. The number of amides is 2. The van der Waals surface area contributed by atoms with Crippen LogP contribution in [0.2, 0.25) is 0 Å². The Morgan fingerprint density at radius 1 is 0.583 bits per heavy atom. The fourth-order valence-corrected chi connectivity index (χ4v) is 2.50. The summed E-state index contributed by atoms with van der Waals surface area (Å²) in [6.07, 6.45) is 17.1. The molecular formula is C20H38N2O2. The zero-order valence-electron chi connectivity index (χ0n) is 15.9. The van der Waals surface area contributed by atoms with Gasteiger partial charge in [0, 0.05) is 25.2 Å². The molecule has 24 heavy (non-hydrogen) atoms. The van der Waals surface area contributed by atoms with E-state index in [1.54, 1.807) is 0 Å². The minimum atomic E-state index is -0.182. The number of rotatable bonds is 16. The van der Waals surface area contributed by atoms with Crippen molar-refractivity contribution in [2.75, 3.05) is 13.1 Å². The molecule has 0 saturated heterocycles. The molecule has 0 unspecified atom stereocenters. The summed E-state index contributed by atoms with van der Waals surface area (Å²) in [6.45, 7) is 5.79. The molecule has 2 amide bonds. The number of hydrogen-bond donors (Lipinski definition) is 2. The third kappa shape index (κ3) is 17.0. The molecule has 0 heterocycles. The topological polar surface area (TPSA) is 58.2 Å². The average molecular weight is 339 g/mol. The summed E-state index contributed by atoms with van der Waals surface area (Å²) in [5.41, 5.74) is 0. The van der Waals surface area contributed by atoms with Crippen LogP contribution in [0.1, 0.15) is 90.9 Å². The number of hydrogen-bond acceptors (Lipinski definition) is 2. The van der Waals surface area contributed by atoms with E-state index in [-0.39, 0.29) is 11.8 Å². The lowest BCUT2D eigenvalue weighted by molar-refractivity contribution is -0.118. The molecule has 0 saturated carbocycles. The van der Waals surface area contributed by atoms with E-state index in [0.717, 1.165) is 25.7 Å². The van der Waals surface area contributed by atoms with Gasteiger partial charge >= 0.3 is 0 Å². The SMILES string of the molecule is CCCCCCCCNC(=O)/C=C/C(=O)NCCCCCCCC. The van der Waals surface area contributed by atoms with Gasteiger partial charge in [-0.3, -0.25) is 9.59 Å². The highest BCUT2D eigenvalue weighted by Gasteiger charge is 1.98. The maximum atomic E-state index is 11.6. The number of carbonyl (C=O) groups is 2. The van der Waals surface area contributed by atoms with Gasteiger partial charge in [0.25, 0.3) is 0 Å². The van der Waals surface area contributed by atoms with Gasteiger partial charge < -0.3 is 10.6 Å². The maximum Gasteiger partial charge on any atom is 0.244 e. The van der Waals surface area contributed by atoms with Gasteiger partial charge in [-0.05, 0) is 12.8 Å². The van der Waals surface area contributed by atoms with Crippen molar-refractivity contribution in [3.8, 4) is 0 Å². The highest BCUT2D eigenvalue weighted by atomic mass is 16.2. The fraction of sp³-hybridized carbons (Fsp3) is 0.800. The predicted molar refractivity (Wildman–Crippen MR) is 102 cm³/mol. The van der Waals surface area contributed by atoms with Crippen LogP contribution in [-0.4, -0.2) is 24.9 Å². The average Bonchev–Trinajstić information content (AvgIpc) is 2.58. The van der Waals surface area contributed by atoms with Crippen LogP contribution in [0.15, 0.2) is 12.2 Å². The summed E-state index contributed by atoms with van der Waals surface area (Å²) in [5, 5.41) is 5.64. The molecule has 0 radical (unpaired) electrons. The first-order chi connectivity index (χ1) is 11.7. The zero-order valence-corrected chi connectivity index (χ0v) is 15.9. The summed E-state index contributed by atoms with van der Waals surface area (Å²) in [5.74, 6) is -0.364. The summed E-state index contributed by atoms with van der Waals surface area (Å²) in [4.78, 5) is 23.2. The standard InChI is InChI=1S/C20H38N2O2/c1-3-5-7-9-11-13-17-21-19(23)15-16-20(24)22-18-14-12-10-8-6-4-2/h15-16H,3-14,17-18H2,1-2H3,(H,21,23)(H,22,24)/b16-15+. The summed E-state index contributed by atoms with van der Waals surface area (Å²) in [7, 11) is 0. The van der Waals surface area contributed by atoms with Gasteiger partial charge in [-0.25, -0.2) is 0 Å². The largest absolute Gasteiger partial charge is 0.353 e. The van der Waals surface area contributed by atoms with Crippen LogP contribution in [0.4, 0.5) is 0 Å². The number of unbranched alkanes of at least 4 members (excludes halogenated alkanes) is 10. The first-order valence-electron chi connectivity index (χ1n) is 9.94. The molecule has 4 heteroatoms. The molecule has 0 aromatic rings. The van der Waals surface area contributed by atoms with Crippen molar-refractivity contribution in [1.82, 2.24) is 10.6 Å². The van der Waals surface area contributed by atoms with Gasteiger partial charge in [0.15, 0.2) is 0 Å². The molecule has 4 nitrogen and oxygen atoms in total. The van der Waals surface area contributed by atoms with Gasteiger partial charge in [0.05, 0.1) is 0 Å². The van der Waals surface area contributed by atoms with Crippen LogP contribution >= 0.6 is 0 Å².